The smallest absolute Gasteiger partial charge is 0.129 e. The predicted octanol–water partition coefficient (Wildman–Crippen LogP) is 4.24. The Bertz CT molecular complexity index is 511. The summed E-state index contributed by atoms with van der Waals surface area (Å²) in [5.74, 6) is 0. The number of pyridine rings is 1. The lowest BCUT2D eigenvalue weighted by molar-refractivity contribution is 0.574. The van der Waals surface area contributed by atoms with Crippen LogP contribution in [0.5, 0.6) is 0 Å². The van der Waals surface area contributed by atoms with Crippen molar-refractivity contribution in [2.45, 2.75) is 19.5 Å². The van der Waals surface area contributed by atoms with E-state index in [0.29, 0.717) is 5.15 Å². The Morgan fingerprint density at radius 3 is 2.61 bits per heavy atom. The quantitative estimate of drug-likeness (QED) is 0.848. The molecule has 94 valence electrons. The SMILES string of the molecule is CC(NCc1ccc(Cl)nc1)c1ccccc1Cl. The molecule has 18 heavy (non-hydrogen) atoms. The highest BCUT2D eigenvalue weighted by molar-refractivity contribution is 6.31. The van der Waals surface area contributed by atoms with Crippen LogP contribution in [0.15, 0.2) is 42.6 Å². The lowest BCUT2D eigenvalue weighted by atomic mass is 10.1. The highest BCUT2D eigenvalue weighted by Gasteiger charge is 2.08. The number of nitrogens with one attached hydrogen (secondary N) is 1. The van der Waals surface area contributed by atoms with Crippen LogP contribution < -0.4 is 5.32 Å². The monoisotopic (exact) mass is 280 g/mol. The molecule has 1 atom stereocenters. The molecular weight excluding hydrogens is 267 g/mol. The molecule has 2 nitrogen and oxygen atoms in total. The van der Waals surface area contributed by atoms with Crippen molar-refractivity contribution >= 4 is 23.2 Å². The van der Waals surface area contributed by atoms with Crippen molar-refractivity contribution in [2.75, 3.05) is 0 Å². The van der Waals surface area contributed by atoms with E-state index in [1.165, 1.54) is 0 Å². The maximum Gasteiger partial charge on any atom is 0.129 e. The maximum atomic E-state index is 6.15. The number of aromatic nitrogens is 1. The summed E-state index contributed by atoms with van der Waals surface area (Å²) in [6, 6.07) is 11.8. The van der Waals surface area contributed by atoms with Crippen LogP contribution in [0.2, 0.25) is 10.2 Å². The first-order valence-corrected chi connectivity index (χ1v) is 6.50. The zero-order valence-corrected chi connectivity index (χ0v) is 11.5. The predicted molar refractivity (Wildman–Crippen MR) is 76.0 cm³/mol. The number of benzene rings is 1. The van der Waals surface area contributed by atoms with Gasteiger partial charge in [-0.2, -0.15) is 0 Å². The van der Waals surface area contributed by atoms with Crippen LogP contribution in [-0.2, 0) is 6.54 Å². The van der Waals surface area contributed by atoms with Crippen molar-refractivity contribution in [1.29, 1.82) is 0 Å². The van der Waals surface area contributed by atoms with E-state index < -0.39 is 0 Å². The largest absolute Gasteiger partial charge is 0.306 e. The molecule has 0 aliphatic rings. The van der Waals surface area contributed by atoms with Gasteiger partial charge in [-0.3, -0.25) is 0 Å². The van der Waals surface area contributed by atoms with Crippen molar-refractivity contribution < 1.29 is 0 Å². The standard InChI is InChI=1S/C14H14Cl2N2/c1-10(12-4-2-3-5-13(12)15)17-8-11-6-7-14(16)18-9-11/h2-7,9-10,17H,8H2,1H3. The van der Waals surface area contributed by atoms with Crippen LogP contribution in [0.3, 0.4) is 0 Å². The molecule has 1 N–H and O–H groups in total. The van der Waals surface area contributed by atoms with Crippen LogP contribution in [0, 0.1) is 0 Å². The van der Waals surface area contributed by atoms with Gasteiger partial charge in [0.05, 0.1) is 0 Å². The average molecular weight is 281 g/mol. The molecule has 0 aliphatic carbocycles. The van der Waals surface area contributed by atoms with Gasteiger partial charge in [0.1, 0.15) is 5.15 Å². The molecule has 0 bridgehead atoms. The van der Waals surface area contributed by atoms with E-state index in [-0.39, 0.29) is 6.04 Å². The number of hydrogen-bond acceptors (Lipinski definition) is 2. The first-order valence-electron chi connectivity index (χ1n) is 5.75. The van der Waals surface area contributed by atoms with Gasteiger partial charge in [-0.25, -0.2) is 4.98 Å². The first-order chi connectivity index (χ1) is 8.66. The van der Waals surface area contributed by atoms with Gasteiger partial charge in [0.15, 0.2) is 0 Å². The Hall–Kier alpha value is -1.09. The summed E-state index contributed by atoms with van der Waals surface area (Å²) in [4.78, 5) is 4.05. The molecule has 1 aromatic heterocycles. The fourth-order valence-electron chi connectivity index (χ4n) is 1.72. The molecule has 4 heteroatoms. The van der Waals surface area contributed by atoms with Gasteiger partial charge in [-0.05, 0) is 30.2 Å². The van der Waals surface area contributed by atoms with Crippen LogP contribution in [-0.4, -0.2) is 4.98 Å². The molecule has 1 aromatic carbocycles. The Morgan fingerprint density at radius 2 is 1.94 bits per heavy atom. The van der Waals surface area contributed by atoms with Gasteiger partial charge in [-0.1, -0.05) is 47.5 Å². The number of hydrogen-bond donors (Lipinski definition) is 1. The van der Waals surface area contributed by atoms with Gasteiger partial charge in [0, 0.05) is 23.8 Å². The molecule has 2 rings (SSSR count). The van der Waals surface area contributed by atoms with Crippen molar-refractivity contribution in [2.24, 2.45) is 0 Å². The Balaban J connectivity index is 1.98. The van der Waals surface area contributed by atoms with Crippen LogP contribution in [0.1, 0.15) is 24.1 Å². The minimum absolute atomic E-state index is 0.189. The van der Waals surface area contributed by atoms with Gasteiger partial charge in [0.25, 0.3) is 0 Å². The third-order valence-electron chi connectivity index (χ3n) is 2.77. The van der Waals surface area contributed by atoms with Crippen LogP contribution in [0.4, 0.5) is 0 Å². The lowest BCUT2D eigenvalue weighted by Gasteiger charge is -2.15. The molecule has 0 aliphatic heterocycles. The van der Waals surface area contributed by atoms with Gasteiger partial charge < -0.3 is 5.32 Å². The molecule has 0 saturated carbocycles. The van der Waals surface area contributed by atoms with Gasteiger partial charge >= 0.3 is 0 Å². The minimum Gasteiger partial charge on any atom is -0.306 e. The van der Waals surface area contributed by atoms with E-state index in [9.17, 15) is 0 Å². The Morgan fingerprint density at radius 1 is 1.17 bits per heavy atom. The van der Waals surface area contributed by atoms with Crippen molar-refractivity contribution in [3.8, 4) is 0 Å². The average Bonchev–Trinajstić information content (AvgIpc) is 2.38. The molecular formula is C14H14Cl2N2. The molecule has 0 amide bonds. The molecule has 1 heterocycles. The first kappa shape index (κ1) is 13.3. The van der Waals surface area contributed by atoms with E-state index in [1.807, 2.05) is 30.3 Å². The molecule has 0 fully saturated rings. The second-order valence-electron chi connectivity index (χ2n) is 4.11. The molecule has 0 radical (unpaired) electrons. The van der Waals surface area contributed by atoms with E-state index in [1.54, 1.807) is 12.3 Å². The summed E-state index contributed by atoms with van der Waals surface area (Å²) < 4.78 is 0. The summed E-state index contributed by atoms with van der Waals surface area (Å²) in [5, 5.41) is 4.70. The lowest BCUT2D eigenvalue weighted by Crippen LogP contribution is -2.18. The van der Waals surface area contributed by atoms with E-state index >= 15 is 0 Å². The van der Waals surface area contributed by atoms with E-state index in [0.717, 1.165) is 22.7 Å². The minimum atomic E-state index is 0.189. The third-order valence-corrected chi connectivity index (χ3v) is 3.34. The molecule has 0 spiro atoms. The van der Waals surface area contributed by atoms with E-state index in [4.69, 9.17) is 23.2 Å². The third kappa shape index (κ3) is 3.45. The highest BCUT2D eigenvalue weighted by Crippen LogP contribution is 2.22. The highest BCUT2D eigenvalue weighted by atomic mass is 35.5. The summed E-state index contributed by atoms with van der Waals surface area (Å²) in [6.45, 7) is 2.82. The molecule has 0 saturated heterocycles. The van der Waals surface area contributed by atoms with Crippen LogP contribution in [0.25, 0.3) is 0 Å². The van der Waals surface area contributed by atoms with Crippen LogP contribution >= 0.6 is 23.2 Å². The van der Waals surface area contributed by atoms with Gasteiger partial charge in [0.2, 0.25) is 0 Å². The summed E-state index contributed by atoms with van der Waals surface area (Å²) in [5.41, 5.74) is 2.19. The number of halogens is 2. The zero-order chi connectivity index (χ0) is 13.0. The molecule has 2 aromatic rings. The summed E-state index contributed by atoms with van der Waals surface area (Å²) in [7, 11) is 0. The Labute approximate surface area is 117 Å². The Kier molecular flexibility index (Phi) is 4.59. The second-order valence-corrected chi connectivity index (χ2v) is 4.91. The number of nitrogens with zero attached hydrogens (tertiary/aromatic N) is 1. The topological polar surface area (TPSA) is 24.9 Å². The fraction of sp³-hybridized carbons (Fsp3) is 0.214. The van der Waals surface area contributed by atoms with Crippen molar-refractivity contribution in [3.63, 3.8) is 0 Å². The van der Waals surface area contributed by atoms with Gasteiger partial charge in [-0.15, -0.1) is 0 Å². The normalized spacial score (nSPS) is 12.4. The van der Waals surface area contributed by atoms with E-state index in [2.05, 4.69) is 17.2 Å². The fourth-order valence-corrected chi connectivity index (χ4v) is 2.13. The summed E-state index contributed by atoms with van der Waals surface area (Å²) in [6.07, 6.45) is 1.77. The van der Waals surface area contributed by atoms with Crippen molar-refractivity contribution in [3.05, 3.63) is 63.9 Å². The molecule has 1 unspecified atom stereocenters. The summed E-state index contributed by atoms with van der Waals surface area (Å²) >= 11 is 11.9. The van der Waals surface area contributed by atoms with Crippen molar-refractivity contribution in [1.82, 2.24) is 10.3 Å². The number of rotatable bonds is 4. The second kappa shape index (κ2) is 6.19. The maximum absolute atomic E-state index is 6.15. The zero-order valence-electron chi connectivity index (χ0n) is 10.0.